The van der Waals surface area contributed by atoms with Crippen LogP contribution in [-0.4, -0.2) is 23.7 Å². The summed E-state index contributed by atoms with van der Waals surface area (Å²) in [4.78, 5) is 11.8. The lowest BCUT2D eigenvalue weighted by Crippen LogP contribution is -2.35. The van der Waals surface area contributed by atoms with E-state index in [1.807, 2.05) is 20.8 Å². The van der Waals surface area contributed by atoms with Crippen molar-refractivity contribution in [3.63, 3.8) is 0 Å². The van der Waals surface area contributed by atoms with Crippen LogP contribution in [0.1, 0.15) is 43.1 Å². The summed E-state index contributed by atoms with van der Waals surface area (Å²) in [5.41, 5.74) is -0.496. The smallest absolute Gasteiger partial charge is 0.257 e. The van der Waals surface area contributed by atoms with Gasteiger partial charge in [0.25, 0.3) is 5.91 Å². The maximum Gasteiger partial charge on any atom is 0.257 e. The van der Waals surface area contributed by atoms with E-state index < -0.39 is 29.2 Å². The molecule has 3 nitrogen and oxygen atoms in total. The van der Waals surface area contributed by atoms with Crippen molar-refractivity contribution >= 4 is 5.91 Å². The van der Waals surface area contributed by atoms with Crippen molar-refractivity contribution in [1.29, 1.82) is 0 Å². The van der Waals surface area contributed by atoms with E-state index in [1.165, 1.54) is 13.0 Å². The van der Waals surface area contributed by atoms with Crippen LogP contribution < -0.4 is 5.32 Å². The molecule has 0 heterocycles. The van der Waals surface area contributed by atoms with Crippen molar-refractivity contribution in [2.24, 2.45) is 5.41 Å². The highest BCUT2D eigenvalue weighted by Crippen LogP contribution is 2.20. The third-order valence-corrected chi connectivity index (χ3v) is 2.86. The molecule has 112 valence electrons. The highest BCUT2D eigenvalue weighted by Gasteiger charge is 2.21. The SMILES string of the molecule is Cc1ccc(F)c(C(=O)NCC(O)CC(C)(C)C)c1F. The fraction of sp³-hybridized carbons (Fsp3) is 0.533. The number of rotatable bonds is 4. The van der Waals surface area contributed by atoms with E-state index in [1.54, 1.807) is 0 Å². The summed E-state index contributed by atoms with van der Waals surface area (Å²) in [7, 11) is 0. The molecule has 0 aromatic heterocycles. The number of hydrogen-bond donors (Lipinski definition) is 2. The maximum atomic E-state index is 13.7. The first kappa shape index (κ1) is 16.6. The summed E-state index contributed by atoms with van der Waals surface area (Å²) < 4.78 is 27.3. The summed E-state index contributed by atoms with van der Waals surface area (Å²) in [5.74, 6) is -2.62. The molecular formula is C15H21F2NO2. The normalized spacial score (nSPS) is 13.2. The Bertz CT molecular complexity index is 495. The Balaban J connectivity index is 2.71. The third kappa shape index (κ3) is 4.56. The van der Waals surface area contributed by atoms with Gasteiger partial charge in [-0.1, -0.05) is 26.8 Å². The molecule has 1 aromatic carbocycles. The molecule has 20 heavy (non-hydrogen) atoms. The first-order valence-electron chi connectivity index (χ1n) is 6.52. The van der Waals surface area contributed by atoms with Crippen LogP contribution in [0.5, 0.6) is 0 Å². The van der Waals surface area contributed by atoms with Crippen LogP contribution in [0.4, 0.5) is 8.78 Å². The molecule has 1 atom stereocenters. The van der Waals surface area contributed by atoms with Crippen LogP contribution in [-0.2, 0) is 0 Å². The second-order valence-electron chi connectivity index (χ2n) is 6.18. The van der Waals surface area contributed by atoms with E-state index in [2.05, 4.69) is 5.32 Å². The highest BCUT2D eigenvalue weighted by molar-refractivity contribution is 5.95. The average Bonchev–Trinajstić information content (AvgIpc) is 2.30. The number of carbonyl (C=O) groups excluding carboxylic acids is 1. The zero-order valence-corrected chi connectivity index (χ0v) is 12.3. The molecule has 0 aliphatic rings. The predicted octanol–water partition coefficient (Wildman–Crippen LogP) is 2.80. The molecule has 0 fully saturated rings. The number of halogens is 2. The summed E-state index contributed by atoms with van der Waals surface area (Å²) in [6, 6.07) is 2.33. The van der Waals surface area contributed by atoms with Gasteiger partial charge in [-0.05, 0) is 30.4 Å². The highest BCUT2D eigenvalue weighted by atomic mass is 19.1. The van der Waals surface area contributed by atoms with Gasteiger partial charge in [-0.15, -0.1) is 0 Å². The van der Waals surface area contributed by atoms with Crippen molar-refractivity contribution in [3.8, 4) is 0 Å². The number of hydrogen-bond acceptors (Lipinski definition) is 2. The molecule has 2 N–H and O–H groups in total. The van der Waals surface area contributed by atoms with Gasteiger partial charge in [0.15, 0.2) is 0 Å². The first-order valence-corrected chi connectivity index (χ1v) is 6.52. The predicted molar refractivity (Wildman–Crippen MR) is 73.5 cm³/mol. The third-order valence-electron chi connectivity index (χ3n) is 2.86. The fourth-order valence-electron chi connectivity index (χ4n) is 1.94. The molecule has 0 saturated carbocycles. The Labute approximate surface area is 118 Å². The largest absolute Gasteiger partial charge is 0.391 e. The van der Waals surface area contributed by atoms with Gasteiger partial charge < -0.3 is 10.4 Å². The first-order chi connectivity index (χ1) is 9.11. The zero-order chi connectivity index (χ0) is 15.5. The summed E-state index contributed by atoms with van der Waals surface area (Å²) in [6.45, 7) is 7.29. The number of nitrogens with one attached hydrogen (secondary N) is 1. The Morgan fingerprint density at radius 1 is 1.35 bits per heavy atom. The van der Waals surface area contributed by atoms with Crippen LogP contribution in [0.15, 0.2) is 12.1 Å². The van der Waals surface area contributed by atoms with Crippen molar-refractivity contribution in [2.75, 3.05) is 6.54 Å². The topological polar surface area (TPSA) is 49.3 Å². The monoisotopic (exact) mass is 285 g/mol. The Hall–Kier alpha value is -1.49. The van der Waals surface area contributed by atoms with Crippen LogP contribution in [0.3, 0.4) is 0 Å². The van der Waals surface area contributed by atoms with Gasteiger partial charge in [0.2, 0.25) is 0 Å². The van der Waals surface area contributed by atoms with Gasteiger partial charge in [-0.2, -0.15) is 0 Å². The van der Waals surface area contributed by atoms with Crippen molar-refractivity contribution in [1.82, 2.24) is 5.32 Å². The minimum atomic E-state index is -0.907. The summed E-state index contributed by atoms with van der Waals surface area (Å²) >= 11 is 0. The molecule has 0 saturated heterocycles. The summed E-state index contributed by atoms with van der Waals surface area (Å²) in [5, 5.41) is 12.1. The van der Waals surface area contributed by atoms with Crippen molar-refractivity contribution in [2.45, 2.75) is 40.2 Å². The van der Waals surface area contributed by atoms with Crippen LogP contribution in [0.2, 0.25) is 0 Å². The molecule has 5 heteroatoms. The van der Waals surface area contributed by atoms with E-state index in [9.17, 15) is 18.7 Å². The molecule has 0 spiro atoms. The van der Waals surface area contributed by atoms with Crippen LogP contribution in [0.25, 0.3) is 0 Å². The maximum absolute atomic E-state index is 13.7. The minimum absolute atomic E-state index is 0.0388. The molecule has 1 unspecified atom stereocenters. The van der Waals surface area contributed by atoms with Gasteiger partial charge in [-0.3, -0.25) is 4.79 Å². The van der Waals surface area contributed by atoms with E-state index in [4.69, 9.17) is 0 Å². The lowest BCUT2D eigenvalue weighted by molar-refractivity contribution is 0.0861. The fourth-order valence-corrected chi connectivity index (χ4v) is 1.94. The number of benzene rings is 1. The van der Waals surface area contributed by atoms with Gasteiger partial charge in [0, 0.05) is 6.54 Å². The van der Waals surface area contributed by atoms with Crippen molar-refractivity contribution in [3.05, 3.63) is 34.9 Å². The Morgan fingerprint density at radius 2 is 1.95 bits per heavy atom. The zero-order valence-electron chi connectivity index (χ0n) is 12.3. The molecule has 0 aliphatic heterocycles. The molecular weight excluding hydrogens is 264 g/mol. The molecule has 0 bridgehead atoms. The van der Waals surface area contributed by atoms with Gasteiger partial charge in [0.05, 0.1) is 6.10 Å². The lowest BCUT2D eigenvalue weighted by Gasteiger charge is -2.22. The van der Waals surface area contributed by atoms with E-state index >= 15 is 0 Å². The van der Waals surface area contributed by atoms with E-state index in [0.29, 0.717) is 6.42 Å². The number of amides is 1. The van der Waals surface area contributed by atoms with Crippen LogP contribution >= 0.6 is 0 Å². The molecule has 1 rings (SSSR count). The number of aliphatic hydroxyl groups is 1. The van der Waals surface area contributed by atoms with Gasteiger partial charge >= 0.3 is 0 Å². The molecule has 0 aliphatic carbocycles. The molecule has 1 amide bonds. The Kier molecular flexibility index (Phi) is 5.22. The van der Waals surface area contributed by atoms with E-state index in [-0.39, 0.29) is 17.5 Å². The molecule has 0 radical (unpaired) electrons. The van der Waals surface area contributed by atoms with Gasteiger partial charge in [0.1, 0.15) is 17.2 Å². The van der Waals surface area contributed by atoms with Crippen molar-refractivity contribution < 1.29 is 18.7 Å². The second-order valence-corrected chi connectivity index (χ2v) is 6.18. The number of aryl methyl sites for hydroxylation is 1. The minimum Gasteiger partial charge on any atom is -0.391 e. The molecule has 1 aromatic rings. The number of aliphatic hydroxyl groups excluding tert-OH is 1. The number of carbonyl (C=O) groups is 1. The Morgan fingerprint density at radius 3 is 2.50 bits per heavy atom. The standard InChI is InChI=1S/C15H21F2NO2/c1-9-5-6-11(16)12(13(9)17)14(20)18-8-10(19)7-15(2,3)4/h5-6,10,19H,7-8H2,1-4H3,(H,18,20). The average molecular weight is 285 g/mol. The second kappa shape index (κ2) is 6.31. The van der Waals surface area contributed by atoms with Crippen LogP contribution in [0, 0.1) is 24.0 Å². The quantitative estimate of drug-likeness (QED) is 0.893. The lowest BCUT2D eigenvalue weighted by atomic mass is 9.89. The van der Waals surface area contributed by atoms with Gasteiger partial charge in [-0.25, -0.2) is 8.78 Å². The summed E-state index contributed by atoms with van der Waals surface area (Å²) in [6.07, 6.45) is -0.277. The van der Waals surface area contributed by atoms with E-state index in [0.717, 1.165) is 6.07 Å².